The van der Waals surface area contributed by atoms with Crippen LogP contribution in [0.15, 0.2) is 54.9 Å². The number of methoxy groups -OCH3 is 2. The van der Waals surface area contributed by atoms with E-state index >= 15 is 0 Å². The van der Waals surface area contributed by atoms with Crippen molar-refractivity contribution in [2.75, 3.05) is 39.2 Å². The Labute approximate surface area is 294 Å². The maximum atomic E-state index is 13.4. The number of nitrogens with zero attached hydrogens (tertiary/aromatic N) is 4. The molecular formula is C35H37Cl2N7O5. The molecule has 2 saturated heterocycles. The van der Waals surface area contributed by atoms with Gasteiger partial charge in [-0.05, 0) is 37.1 Å². The maximum Gasteiger partial charge on any atom is 0.274 e. The highest BCUT2D eigenvalue weighted by molar-refractivity contribution is 6.39. The molecule has 6 rings (SSSR count). The molecule has 0 spiro atoms. The zero-order chi connectivity index (χ0) is 34.5. The SMILES string of the molecule is COc1cnc(C(=O)Nc2cccc(-c3nccc(-c4ccc(CNC[C@@H]5CCC(=O)N5)c(OC)n4)c3Cl)c2Cl)cc1CN1CC[C@H](O)C1. The predicted octanol–water partition coefficient (Wildman–Crippen LogP) is 4.72. The van der Waals surface area contributed by atoms with E-state index in [1.807, 2.05) is 12.1 Å². The largest absolute Gasteiger partial charge is 0.495 e. The number of benzene rings is 1. The molecule has 0 saturated carbocycles. The standard InChI is InChI=1S/C35H37Cl2N7O5/c1-48-29-17-40-28(14-21(29)18-44-13-11-23(45)19-44)34(47)42-27-5-3-4-25(31(27)36)33-32(37)24(10-12-39-33)26-8-6-20(35(43-26)49-2)15-38-16-22-7-9-30(46)41-22/h3-6,8,10,12,14,17,22-23,38,45H,7,9,11,13,15-16,18-19H2,1-2H3,(H,41,46)(H,42,47)/t22-,23-/m0/s1. The van der Waals surface area contributed by atoms with E-state index < -0.39 is 5.91 Å². The highest BCUT2D eigenvalue weighted by Crippen LogP contribution is 2.40. The number of anilines is 1. The van der Waals surface area contributed by atoms with E-state index in [2.05, 4.69) is 30.8 Å². The lowest BCUT2D eigenvalue weighted by Crippen LogP contribution is -2.35. The minimum absolute atomic E-state index is 0.0812. The molecule has 256 valence electrons. The maximum absolute atomic E-state index is 13.4. The van der Waals surface area contributed by atoms with Gasteiger partial charge in [-0.2, -0.15) is 0 Å². The fourth-order valence-electron chi connectivity index (χ4n) is 6.08. The van der Waals surface area contributed by atoms with E-state index in [4.69, 9.17) is 37.7 Å². The fraction of sp³-hybridized carbons (Fsp3) is 0.343. The number of likely N-dealkylation sites (tertiary alicyclic amines) is 1. The van der Waals surface area contributed by atoms with Gasteiger partial charge in [0.1, 0.15) is 11.4 Å². The molecule has 49 heavy (non-hydrogen) atoms. The van der Waals surface area contributed by atoms with Gasteiger partial charge in [0.05, 0.1) is 53.6 Å². The Kier molecular flexibility index (Phi) is 10.9. The van der Waals surface area contributed by atoms with Gasteiger partial charge in [0.15, 0.2) is 0 Å². The van der Waals surface area contributed by atoms with Crippen molar-refractivity contribution in [3.8, 4) is 34.1 Å². The molecular weight excluding hydrogens is 669 g/mol. The lowest BCUT2D eigenvalue weighted by molar-refractivity contribution is -0.119. The molecule has 0 unspecified atom stereocenters. The number of aliphatic hydroxyl groups excluding tert-OH is 1. The molecule has 0 bridgehead atoms. The zero-order valence-corrected chi connectivity index (χ0v) is 28.6. The number of nitrogens with one attached hydrogen (secondary N) is 3. The van der Waals surface area contributed by atoms with Gasteiger partial charge >= 0.3 is 0 Å². The number of carbonyl (C=O) groups excluding carboxylic acids is 2. The molecule has 2 aliphatic rings. The summed E-state index contributed by atoms with van der Waals surface area (Å²) < 4.78 is 11.1. The number of carbonyl (C=O) groups is 2. The number of ether oxygens (including phenoxy) is 2. The number of β-amino-alcohol motifs (C(OH)–C–C–N with tert-alkyl or cyclic N) is 1. The van der Waals surface area contributed by atoms with Crippen LogP contribution in [0.3, 0.4) is 0 Å². The first-order valence-corrected chi connectivity index (χ1v) is 16.7. The molecule has 0 aliphatic carbocycles. The first-order valence-electron chi connectivity index (χ1n) is 16.0. The van der Waals surface area contributed by atoms with Crippen molar-refractivity contribution in [2.45, 2.75) is 44.5 Å². The summed E-state index contributed by atoms with van der Waals surface area (Å²) in [6.07, 6.45) is 4.86. The molecule has 1 aromatic carbocycles. The Morgan fingerprint density at radius 2 is 1.92 bits per heavy atom. The molecule has 2 aliphatic heterocycles. The second-order valence-electron chi connectivity index (χ2n) is 12.0. The minimum Gasteiger partial charge on any atom is -0.495 e. The zero-order valence-electron chi connectivity index (χ0n) is 27.1. The second-order valence-corrected chi connectivity index (χ2v) is 12.8. The van der Waals surface area contributed by atoms with Crippen LogP contribution in [0.4, 0.5) is 5.69 Å². The van der Waals surface area contributed by atoms with Crippen LogP contribution in [-0.4, -0.2) is 82.8 Å². The summed E-state index contributed by atoms with van der Waals surface area (Å²) in [5.41, 5.74) is 4.37. The highest BCUT2D eigenvalue weighted by atomic mass is 35.5. The van der Waals surface area contributed by atoms with Gasteiger partial charge in [0.2, 0.25) is 11.8 Å². The summed E-state index contributed by atoms with van der Waals surface area (Å²) in [5.74, 6) is 0.646. The van der Waals surface area contributed by atoms with E-state index in [9.17, 15) is 14.7 Å². The van der Waals surface area contributed by atoms with Crippen molar-refractivity contribution in [1.29, 1.82) is 0 Å². The van der Waals surface area contributed by atoms with Crippen LogP contribution in [0.25, 0.3) is 22.5 Å². The topological polar surface area (TPSA) is 151 Å². The van der Waals surface area contributed by atoms with Crippen LogP contribution in [-0.2, 0) is 17.9 Å². The summed E-state index contributed by atoms with van der Waals surface area (Å²) in [7, 11) is 3.12. The molecule has 4 N–H and O–H groups in total. The minimum atomic E-state index is -0.448. The third kappa shape index (κ3) is 7.95. The van der Waals surface area contributed by atoms with Crippen molar-refractivity contribution in [1.82, 2.24) is 30.5 Å². The lowest BCUT2D eigenvalue weighted by atomic mass is 10.1. The normalized spacial score (nSPS) is 17.6. The number of pyridine rings is 3. The number of rotatable bonds is 12. The number of halogens is 2. The van der Waals surface area contributed by atoms with Gasteiger partial charge in [-0.3, -0.25) is 19.5 Å². The van der Waals surface area contributed by atoms with Crippen LogP contribution in [0, 0.1) is 0 Å². The van der Waals surface area contributed by atoms with Crippen molar-refractivity contribution >= 4 is 40.7 Å². The van der Waals surface area contributed by atoms with Gasteiger partial charge in [-0.15, -0.1) is 0 Å². The first-order chi connectivity index (χ1) is 23.7. The predicted molar refractivity (Wildman–Crippen MR) is 187 cm³/mol. The third-order valence-electron chi connectivity index (χ3n) is 8.63. The monoisotopic (exact) mass is 705 g/mol. The second kappa shape index (κ2) is 15.5. The van der Waals surface area contributed by atoms with E-state index in [1.165, 1.54) is 6.20 Å². The average Bonchev–Trinajstić information content (AvgIpc) is 3.72. The van der Waals surface area contributed by atoms with Gasteiger partial charge in [-0.1, -0.05) is 41.4 Å². The summed E-state index contributed by atoms with van der Waals surface area (Å²) in [6.45, 7) is 3.00. The smallest absolute Gasteiger partial charge is 0.274 e. The van der Waals surface area contributed by atoms with E-state index in [1.54, 1.807) is 50.7 Å². The van der Waals surface area contributed by atoms with Crippen LogP contribution in [0.1, 0.15) is 40.9 Å². The Bertz CT molecular complexity index is 1860. The van der Waals surface area contributed by atoms with Crippen LogP contribution in [0.2, 0.25) is 10.0 Å². The van der Waals surface area contributed by atoms with Crippen LogP contribution in [0.5, 0.6) is 11.6 Å². The van der Waals surface area contributed by atoms with Crippen LogP contribution >= 0.6 is 23.2 Å². The Morgan fingerprint density at radius 1 is 1.06 bits per heavy atom. The number of hydrogen-bond donors (Lipinski definition) is 4. The Balaban J connectivity index is 1.20. The molecule has 4 aromatic rings. The van der Waals surface area contributed by atoms with E-state index in [-0.39, 0.29) is 28.8 Å². The molecule has 2 fully saturated rings. The van der Waals surface area contributed by atoms with Crippen molar-refractivity contribution in [3.63, 3.8) is 0 Å². The van der Waals surface area contributed by atoms with Gasteiger partial charge < -0.3 is 30.5 Å². The average molecular weight is 707 g/mol. The summed E-state index contributed by atoms with van der Waals surface area (Å²) in [4.78, 5) is 40.5. The van der Waals surface area contributed by atoms with Crippen molar-refractivity contribution < 1.29 is 24.2 Å². The Morgan fingerprint density at radius 3 is 2.65 bits per heavy atom. The molecule has 3 aromatic heterocycles. The van der Waals surface area contributed by atoms with Crippen molar-refractivity contribution in [3.05, 3.63) is 81.7 Å². The molecule has 14 heteroatoms. The summed E-state index contributed by atoms with van der Waals surface area (Å²) >= 11 is 13.8. The van der Waals surface area contributed by atoms with E-state index in [0.29, 0.717) is 83.9 Å². The first kappa shape index (κ1) is 34.5. The number of hydrogen-bond acceptors (Lipinski definition) is 10. The number of aliphatic hydroxyl groups is 1. The van der Waals surface area contributed by atoms with Gasteiger partial charge in [-0.25, -0.2) is 9.97 Å². The number of amides is 2. The highest BCUT2D eigenvalue weighted by Gasteiger charge is 2.24. The van der Waals surface area contributed by atoms with Gasteiger partial charge in [0.25, 0.3) is 5.91 Å². The molecule has 2 amide bonds. The quantitative estimate of drug-likeness (QED) is 0.163. The Hall–Kier alpha value is -4.33. The fourth-order valence-corrected chi connectivity index (χ4v) is 6.66. The lowest BCUT2D eigenvalue weighted by Gasteiger charge is -2.18. The summed E-state index contributed by atoms with van der Waals surface area (Å²) in [6, 6.07) is 12.6. The molecule has 2 atom stereocenters. The molecule has 12 nitrogen and oxygen atoms in total. The third-order valence-corrected chi connectivity index (χ3v) is 9.42. The molecule has 5 heterocycles. The van der Waals surface area contributed by atoms with Gasteiger partial charge in [0, 0.05) is 73.6 Å². The van der Waals surface area contributed by atoms with Crippen LogP contribution < -0.4 is 25.4 Å². The van der Waals surface area contributed by atoms with Crippen molar-refractivity contribution in [2.24, 2.45) is 0 Å². The van der Waals surface area contributed by atoms with E-state index in [0.717, 1.165) is 24.1 Å². The molecule has 0 radical (unpaired) electrons. The number of aromatic nitrogens is 3. The summed E-state index contributed by atoms with van der Waals surface area (Å²) in [5, 5.41) is 19.7.